The molecule has 1 heterocycles. The molecule has 1 atom stereocenters. The number of amides is 2. The molecule has 1 saturated heterocycles. The summed E-state index contributed by atoms with van der Waals surface area (Å²) in [6, 6.07) is 4.72. The van der Waals surface area contributed by atoms with Crippen LogP contribution < -0.4 is 5.32 Å². The lowest BCUT2D eigenvalue weighted by Gasteiger charge is -2.33. The Morgan fingerprint density at radius 2 is 2.04 bits per heavy atom. The number of hydrogen-bond acceptors (Lipinski definition) is 5. The summed E-state index contributed by atoms with van der Waals surface area (Å²) in [6.07, 6.45) is 1.71. The summed E-state index contributed by atoms with van der Waals surface area (Å²) in [5, 5.41) is 13.4. The molecule has 1 aromatic carbocycles. The zero-order chi connectivity index (χ0) is 17.7. The van der Waals surface area contributed by atoms with Crippen molar-refractivity contribution in [1.82, 2.24) is 10.2 Å². The highest BCUT2D eigenvalue weighted by Crippen LogP contribution is 2.15. The van der Waals surface area contributed by atoms with Gasteiger partial charge in [0.15, 0.2) is 0 Å². The van der Waals surface area contributed by atoms with Crippen LogP contribution in [0, 0.1) is 10.1 Å². The summed E-state index contributed by atoms with van der Waals surface area (Å²) in [5.74, 6) is -0.672. The smallest absolute Gasteiger partial charge is 0.270 e. The van der Waals surface area contributed by atoms with Crippen molar-refractivity contribution >= 4 is 17.5 Å². The van der Waals surface area contributed by atoms with E-state index in [2.05, 4.69) is 5.32 Å². The molecule has 2 rings (SSSR count). The third-order valence-electron chi connectivity index (χ3n) is 4.12. The largest absolute Gasteiger partial charge is 0.381 e. The quantitative estimate of drug-likeness (QED) is 0.646. The molecular formula is C16H21N3O5. The fourth-order valence-electron chi connectivity index (χ4n) is 2.69. The van der Waals surface area contributed by atoms with Crippen LogP contribution in [0.25, 0.3) is 0 Å². The SMILES string of the molecule is COC1CCN(C(=O)[C@@H](C)NC(=O)c2cccc([N+](=O)[O-])c2)CC1. The van der Waals surface area contributed by atoms with Gasteiger partial charge in [-0.25, -0.2) is 0 Å². The van der Waals surface area contributed by atoms with E-state index in [9.17, 15) is 19.7 Å². The minimum atomic E-state index is -0.698. The maximum absolute atomic E-state index is 12.4. The standard InChI is InChI=1S/C16H21N3O5/c1-11(16(21)18-8-6-14(24-2)7-9-18)17-15(20)12-4-3-5-13(10-12)19(22)23/h3-5,10-11,14H,6-9H2,1-2H3,(H,17,20)/t11-/m1/s1. The van der Waals surface area contributed by atoms with E-state index in [0.717, 1.165) is 12.8 Å². The maximum Gasteiger partial charge on any atom is 0.270 e. The second-order valence-electron chi connectivity index (χ2n) is 5.76. The Labute approximate surface area is 139 Å². The summed E-state index contributed by atoms with van der Waals surface area (Å²) in [5.41, 5.74) is -0.00907. The number of ether oxygens (including phenoxy) is 1. The van der Waals surface area contributed by atoms with Crippen molar-refractivity contribution in [3.63, 3.8) is 0 Å². The van der Waals surface area contributed by atoms with Crippen LogP contribution in [0.2, 0.25) is 0 Å². The van der Waals surface area contributed by atoms with Gasteiger partial charge in [0, 0.05) is 37.9 Å². The zero-order valence-corrected chi connectivity index (χ0v) is 13.7. The van der Waals surface area contributed by atoms with Crippen molar-refractivity contribution < 1.29 is 19.2 Å². The predicted molar refractivity (Wildman–Crippen MR) is 86.6 cm³/mol. The third kappa shape index (κ3) is 4.29. The molecule has 1 N–H and O–H groups in total. The average Bonchev–Trinajstić information content (AvgIpc) is 2.61. The molecule has 24 heavy (non-hydrogen) atoms. The molecule has 0 aromatic heterocycles. The lowest BCUT2D eigenvalue weighted by Crippen LogP contribution is -2.50. The Bertz CT molecular complexity index is 626. The fraction of sp³-hybridized carbons (Fsp3) is 0.500. The van der Waals surface area contributed by atoms with Crippen molar-refractivity contribution in [2.24, 2.45) is 0 Å². The topological polar surface area (TPSA) is 102 Å². The summed E-state index contributed by atoms with van der Waals surface area (Å²) in [6.45, 7) is 2.79. The number of non-ortho nitro benzene ring substituents is 1. The van der Waals surface area contributed by atoms with Crippen molar-refractivity contribution in [3.8, 4) is 0 Å². The number of likely N-dealkylation sites (tertiary alicyclic amines) is 1. The van der Waals surface area contributed by atoms with Gasteiger partial charge in [0.1, 0.15) is 6.04 Å². The third-order valence-corrected chi connectivity index (χ3v) is 4.12. The normalized spacial score (nSPS) is 16.5. The highest BCUT2D eigenvalue weighted by Gasteiger charge is 2.27. The first-order chi connectivity index (χ1) is 11.4. The Morgan fingerprint density at radius 3 is 2.62 bits per heavy atom. The number of carbonyl (C=O) groups excluding carboxylic acids is 2. The highest BCUT2D eigenvalue weighted by atomic mass is 16.6. The van der Waals surface area contributed by atoms with E-state index in [-0.39, 0.29) is 23.3 Å². The molecule has 0 saturated carbocycles. The molecule has 8 heteroatoms. The highest BCUT2D eigenvalue weighted by molar-refractivity contribution is 5.97. The lowest BCUT2D eigenvalue weighted by molar-refractivity contribution is -0.384. The van der Waals surface area contributed by atoms with E-state index in [0.29, 0.717) is 13.1 Å². The van der Waals surface area contributed by atoms with Crippen LogP contribution in [-0.4, -0.2) is 54.0 Å². The Kier molecular flexibility index (Phi) is 5.86. The number of hydrogen-bond donors (Lipinski definition) is 1. The van der Waals surface area contributed by atoms with E-state index in [1.54, 1.807) is 18.9 Å². The van der Waals surface area contributed by atoms with Gasteiger partial charge in [-0.05, 0) is 25.8 Å². The van der Waals surface area contributed by atoms with E-state index >= 15 is 0 Å². The van der Waals surface area contributed by atoms with Crippen LogP contribution in [0.3, 0.4) is 0 Å². The minimum Gasteiger partial charge on any atom is -0.381 e. The number of nitro groups is 1. The molecule has 1 fully saturated rings. The van der Waals surface area contributed by atoms with Crippen LogP contribution in [0.1, 0.15) is 30.1 Å². The van der Waals surface area contributed by atoms with Crippen LogP contribution in [0.15, 0.2) is 24.3 Å². The molecule has 0 radical (unpaired) electrons. The summed E-state index contributed by atoms with van der Waals surface area (Å²) in [4.78, 5) is 36.5. The number of nitro benzene ring substituents is 1. The van der Waals surface area contributed by atoms with E-state index in [1.165, 1.54) is 24.3 Å². The van der Waals surface area contributed by atoms with Gasteiger partial charge in [-0.3, -0.25) is 19.7 Å². The Hall–Kier alpha value is -2.48. The van der Waals surface area contributed by atoms with Gasteiger partial charge in [0.2, 0.25) is 5.91 Å². The van der Waals surface area contributed by atoms with E-state index < -0.39 is 16.9 Å². The van der Waals surface area contributed by atoms with Gasteiger partial charge >= 0.3 is 0 Å². The van der Waals surface area contributed by atoms with Crippen molar-refractivity contribution in [1.29, 1.82) is 0 Å². The first-order valence-electron chi connectivity index (χ1n) is 7.79. The Balaban J connectivity index is 1.95. The molecule has 0 spiro atoms. The summed E-state index contributed by atoms with van der Waals surface area (Å²) in [7, 11) is 1.66. The first-order valence-corrected chi connectivity index (χ1v) is 7.79. The van der Waals surface area contributed by atoms with Gasteiger partial charge in [-0.15, -0.1) is 0 Å². The van der Waals surface area contributed by atoms with E-state index in [4.69, 9.17) is 4.74 Å². The second kappa shape index (κ2) is 7.87. The van der Waals surface area contributed by atoms with Crippen LogP contribution in [0.5, 0.6) is 0 Å². The number of piperidine rings is 1. The minimum absolute atomic E-state index is 0.155. The predicted octanol–water partition coefficient (Wildman–Crippen LogP) is 1.35. The number of methoxy groups -OCH3 is 1. The van der Waals surface area contributed by atoms with Crippen molar-refractivity contribution in [2.45, 2.75) is 31.9 Å². The van der Waals surface area contributed by atoms with Gasteiger partial charge in [-0.2, -0.15) is 0 Å². The Morgan fingerprint density at radius 1 is 1.38 bits per heavy atom. The number of benzene rings is 1. The number of carbonyl (C=O) groups is 2. The number of rotatable bonds is 5. The van der Waals surface area contributed by atoms with Crippen LogP contribution in [-0.2, 0) is 9.53 Å². The van der Waals surface area contributed by atoms with Gasteiger partial charge < -0.3 is 15.0 Å². The maximum atomic E-state index is 12.4. The van der Waals surface area contributed by atoms with Crippen LogP contribution in [0.4, 0.5) is 5.69 Å². The molecule has 0 aliphatic carbocycles. The zero-order valence-electron chi connectivity index (χ0n) is 13.7. The fourth-order valence-corrected chi connectivity index (χ4v) is 2.69. The molecule has 2 amide bonds. The molecular weight excluding hydrogens is 314 g/mol. The monoisotopic (exact) mass is 335 g/mol. The molecule has 0 bridgehead atoms. The number of nitrogens with one attached hydrogen (secondary N) is 1. The van der Waals surface area contributed by atoms with Crippen LogP contribution >= 0.6 is 0 Å². The molecule has 1 aliphatic heterocycles. The molecule has 1 aliphatic rings. The molecule has 0 unspecified atom stereocenters. The lowest BCUT2D eigenvalue weighted by atomic mass is 10.1. The van der Waals surface area contributed by atoms with E-state index in [1.807, 2.05) is 0 Å². The summed E-state index contributed by atoms with van der Waals surface area (Å²) < 4.78 is 5.27. The molecule has 130 valence electrons. The van der Waals surface area contributed by atoms with Gasteiger partial charge in [-0.1, -0.05) is 6.07 Å². The van der Waals surface area contributed by atoms with Gasteiger partial charge in [0.25, 0.3) is 11.6 Å². The van der Waals surface area contributed by atoms with Crippen molar-refractivity contribution in [3.05, 3.63) is 39.9 Å². The molecule has 1 aromatic rings. The van der Waals surface area contributed by atoms with Crippen molar-refractivity contribution in [2.75, 3.05) is 20.2 Å². The number of nitrogens with zero attached hydrogens (tertiary/aromatic N) is 2. The summed E-state index contributed by atoms with van der Waals surface area (Å²) >= 11 is 0. The van der Waals surface area contributed by atoms with Gasteiger partial charge in [0.05, 0.1) is 11.0 Å². The average molecular weight is 335 g/mol. The first kappa shape index (κ1) is 17.9. The molecule has 8 nitrogen and oxygen atoms in total. The second-order valence-corrected chi connectivity index (χ2v) is 5.76.